The molecule has 15 heavy (non-hydrogen) atoms. The van der Waals surface area contributed by atoms with E-state index in [1.54, 1.807) is 0 Å². The normalized spacial score (nSPS) is 16.4. The first-order valence-electron chi connectivity index (χ1n) is 4.99. The van der Waals surface area contributed by atoms with Crippen molar-refractivity contribution in [3.05, 3.63) is 22.5 Å². The predicted octanol–water partition coefficient (Wildman–Crippen LogP) is 1.38. The number of piperidine rings is 1. The molecule has 1 aromatic heterocycles. The molecule has 2 heterocycles. The van der Waals surface area contributed by atoms with Crippen molar-refractivity contribution in [2.24, 2.45) is 0 Å². The van der Waals surface area contributed by atoms with Crippen molar-refractivity contribution < 1.29 is 4.92 Å². The number of aromatic nitrogens is 2. The van der Waals surface area contributed by atoms with E-state index < -0.39 is 4.92 Å². The highest BCUT2D eigenvalue weighted by Gasteiger charge is 2.14. The Morgan fingerprint density at radius 2 is 1.80 bits per heavy atom. The van der Waals surface area contributed by atoms with Gasteiger partial charge in [-0.1, -0.05) is 0 Å². The molecule has 0 radical (unpaired) electrons. The summed E-state index contributed by atoms with van der Waals surface area (Å²) in [5.41, 5.74) is -0.0595. The van der Waals surface area contributed by atoms with Crippen molar-refractivity contribution in [1.29, 1.82) is 0 Å². The molecular formula is C9H12N4O2. The van der Waals surface area contributed by atoms with Crippen molar-refractivity contribution in [3.8, 4) is 0 Å². The zero-order valence-electron chi connectivity index (χ0n) is 8.30. The van der Waals surface area contributed by atoms with Crippen LogP contribution in [0.15, 0.2) is 12.4 Å². The van der Waals surface area contributed by atoms with Crippen LogP contribution in [-0.2, 0) is 0 Å². The largest absolute Gasteiger partial charge is 0.341 e. The maximum Gasteiger partial charge on any atom is 0.305 e. The zero-order valence-corrected chi connectivity index (χ0v) is 8.30. The van der Waals surface area contributed by atoms with Gasteiger partial charge in [0.1, 0.15) is 12.4 Å². The second kappa shape index (κ2) is 4.20. The van der Waals surface area contributed by atoms with E-state index in [9.17, 15) is 10.1 Å². The van der Waals surface area contributed by atoms with E-state index in [2.05, 4.69) is 14.9 Å². The molecule has 0 spiro atoms. The smallest absolute Gasteiger partial charge is 0.305 e. The summed E-state index contributed by atoms with van der Waals surface area (Å²) in [6, 6.07) is 0. The SMILES string of the molecule is O=[N+]([O-])c1cnc(N2CCCCC2)nc1. The van der Waals surface area contributed by atoms with Gasteiger partial charge in [0, 0.05) is 13.1 Å². The van der Waals surface area contributed by atoms with Crippen LogP contribution in [0.2, 0.25) is 0 Å². The van der Waals surface area contributed by atoms with Gasteiger partial charge in [0.2, 0.25) is 5.95 Å². The molecule has 0 atom stereocenters. The van der Waals surface area contributed by atoms with Gasteiger partial charge < -0.3 is 4.90 Å². The molecule has 1 aliphatic heterocycles. The second-order valence-electron chi connectivity index (χ2n) is 3.55. The summed E-state index contributed by atoms with van der Waals surface area (Å²) in [6.07, 6.45) is 6.04. The maximum atomic E-state index is 10.4. The molecule has 6 heteroatoms. The van der Waals surface area contributed by atoms with Crippen molar-refractivity contribution in [1.82, 2.24) is 9.97 Å². The number of hydrogen-bond donors (Lipinski definition) is 0. The van der Waals surface area contributed by atoms with Crippen LogP contribution >= 0.6 is 0 Å². The maximum absolute atomic E-state index is 10.4. The van der Waals surface area contributed by atoms with Gasteiger partial charge in [0.05, 0.1) is 4.92 Å². The Kier molecular flexibility index (Phi) is 2.75. The number of nitrogens with zero attached hydrogens (tertiary/aromatic N) is 4. The van der Waals surface area contributed by atoms with Crippen LogP contribution in [0, 0.1) is 10.1 Å². The second-order valence-corrected chi connectivity index (χ2v) is 3.55. The van der Waals surface area contributed by atoms with Gasteiger partial charge in [0.25, 0.3) is 0 Å². The van der Waals surface area contributed by atoms with Crippen LogP contribution in [0.1, 0.15) is 19.3 Å². The Bertz CT molecular complexity index is 346. The number of anilines is 1. The van der Waals surface area contributed by atoms with Gasteiger partial charge in [-0.05, 0) is 19.3 Å². The molecule has 0 bridgehead atoms. The molecule has 0 unspecified atom stereocenters. The van der Waals surface area contributed by atoms with Crippen LogP contribution in [0.5, 0.6) is 0 Å². The van der Waals surface area contributed by atoms with Crippen LogP contribution < -0.4 is 4.90 Å². The molecule has 1 fully saturated rings. The molecule has 0 amide bonds. The quantitative estimate of drug-likeness (QED) is 0.542. The van der Waals surface area contributed by atoms with Gasteiger partial charge in [-0.3, -0.25) is 10.1 Å². The number of rotatable bonds is 2. The minimum absolute atomic E-state index is 0.0595. The molecular weight excluding hydrogens is 196 g/mol. The average molecular weight is 208 g/mol. The fourth-order valence-electron chi connectivity index (χ4n) is 1.67. The summed E-state index contributed by atoms with van der Waals surface area (Å²) in [5, 5.41) is 10.4. The topological polar surface area (TPSA) is 72.2 Å². The molecule has 1 saturated heterocycles. The minimum atomic E-state index is -0.486. The van der Waals surface area contributed by atoms with E-state index in [0.717, 1.165) is 25.9 Å². The predicted molar refractivity (Wildman–Crippen MR) is 54.8 cm³/mol. The molecule has 0 aromatic carbocycles. The van der Waals surface area contributed by atoms with Gasteiger partial charge in [-0.2, -0.15) is 0 Å². The summed E-state index contributed by atoms with van der Waals surface area (Å²) in [5.74, 6) is 0.598. The third-order valence-corrected chi connectivity index (χ3v) is 2.47. The minimum Gasteiger partial charge on any atom is -0.341 e. The highest BCUT2D eigenvalue weighted by atomic mass is 16.6. The Morgan fingerprint density at radius 3 is 2.33 bits per heavy atom. The van der Waals surface area contributed by atoms with E-state index in [1.807, 2.05) is 0 Å². The van der Waals surface area contributed by atoms with Crippen molar-refractivity contribution in [2.75, 3.05) is 18.0 Å². The first kappa shape index (κ1) is 9.82. The molecule has 80 valence electrons. The molecule has 0 N–H and O–H groups in total. The molecule has 2 rings (SSSR count). The van der Waals surface area contributed by atoms with Gasteiger partial charge in [-0.25, -0.2) is 9.97 Å². The molecule has 0 aliphatic carbocycles. The third-order valence-electron chi connectivity index (χ3n) is 2.47. The average Bonchev–Trinajstić information content (AvgIpc) is 2.30. The Morgan fingerprint density at radius 1 is 1.20 bits per heavy atom. The molecule has 6 nitrogen and oxygen atoms in total. The summed E-state index contributed by atoms with van der Waals surface area (Å²) in [4.78, 5) is 20.0. The van der Waals surface area contributed by atoms with Crippen LogP contribution in [0.3, 0.4) is 0 Å². The first-order chi connectivity index (χ1) is 7.27. The lowest BCUT2D eigenvalue weighted by atomic mass is 10.1. The summed E-state index contributed by atoms with van der Waals surface area (Å²) >= 11 is 0. The molecule has 1 aromatic rings. The molecule has 0 saturated carbocycles. The lowest BCUT2D eigenvalue weighted by Crippen LogP contribution is -2.30. The van der Waals surface area contributed by atoms with E-state index in [-0.39, 0.29) is 5.69 Å². The van der Waals surface area contributed by atoms with E-state index in [0.29, 0.717) is 5.95 Å². The van der Waals surface area contributed by atoms with Crippen molar-refractivity contribution >= 4 is 11.6 Å². The monoisotopic (exact) mass is 208 g/mol. The van der Waals surface area contributed by atoms with Crippen LogP contribution in [0.4, 0.5) is 11.6 Å². The lowest BCUT2D eigenvalue weighted by molar-refractivity contribution is -0.385. The van der Waals surface area contributed by atoms with Gasteiger partial charge in [0.15, 0.2) is 0 Å². The van der Waals surface area contributed by atoms with Gasteiger partial charge >= 0.3 is 5.69 Å². The lowest BCUT2D eigenvalue weighted by Gasteiger charge is -2.26. The Hall–Kier alpha value is -1.72. The standard InChI is InChI=1S/C9H12N4O2/c14-13(15)8-6-10-9(11-7-8)12-4-2-1-3-5-12/h6-7H,1-5H2. The van der Waals surface area contributed by atoms with E-state index in [4.69, 9.17) is 0 Å². The fraction of sp³-hybridized carbons (Fsp3) is 0.556. The first-order valence-corrected chi connectivity index (χ1v) is 4.99. The highest BCUT2D eigenvalue weighted by molar-refractivity contribution is 5.34. The fourth-order valence-corrected chi connectivity index (χ4v) is 1.67. The Labute approximate surface area is 87.1 Å². The van der Waals surface area contributed by atoms with E-state index in [1.165, 1.54) is 18.8 Å². The highest BCUT2D eigenvalue weighted by Crippen LogP contribution is 2.16. The van der Waals surface area contributed by atoms with E-state index >= 15 is 0 Å². The zero-order chi connectivity index (χ0) is 10.7. The van der Waals surface area contributed by atoms with Crippen molar-refractivity contribution in [2.45, 2.75) is 19.3 Å². The van der Waals surface area contributed by atoms with Crippen LogP contribution in [-0.4, -0.2) is 28.0 Å². The van der Waals surface area contributed by atoms with Gasteiger partial charge in [-0.15, -0.1) is 0 Å². The Balaban J connectivity index is 2.11. The van der Waals surface area contributed by atoms with Crippen molar-refractivity contribution in [3.63, 3.8) is 0 Å². The number of nitro groups is 1. The molecule has 1 aliphatic rings. The summed E-state index contributed by atoms with van der Waals surface area (Å²) < 4.78 is 0. The summed E-state index contributed by atoms with van der Waals surface area (Å²) in [7, 11) is 0. The number of hydrogen-bond acceptors (Lipinski definition) is 5. The third kappa shape index (κ3) is 2.20. The van der Waals surface area contributed by atoms with Crippen LogP contribution in [0.25, 0.3) is 0 Å². The summed E-state index contributed by atoms with van der Waals surface area (Å²) in [6.45, 7) is 1.88.